The minimum atomic E-state index is -0.364. The van der Waals surface area contributed by atoms with Crippen LogP contribution in [0.5, 0.6) is 11.5 Å². The molecule has 0 aliphatic carbocycles. The van der Waals surface area contributed by atoms with E-state index in [9.17, 15) is 9.90 Å². The number of nitrogens with zero attached hydrogens (tertiary/aromatic N) is 3. The van der Waals surface area contributed by atoms with E-state index in [1.54, 1.807) is 31.2 Å². The van der Waals surface area contributed by atoms with E-state index in [-0.39, 0.29) is 11.7 Å². The smallest absolute Gasteiger partial charge is 0.338 e. The summed E-state index contributed by atoms with van der Waals surface area (Å²) < 4.78 is 18.1. The van der Waals surface area contributed by atoms with Gasteiger partial charge in [0, 0.05) is 31.8 Å². The number of carbonyl (C=O) groups excluding carboxylic acids is 1. The van der Waals surface area contributed by atoms with E-state index >= 15 is 0 Å². The third kappa shape index (κ3) is 4.50. The Labute approximate surface area is 181 Å². The largest absolute Gasteiger partial charge is 0.504 e. The highest BCUT2D eigenvalue weighted by Crippen LogP contribution is 2.33. The van der Waals surface area contributed by atoms with Crippen LogP contribution in [-0.4, -0.2) is 65.7 Å². The highest BCUT2D eigenvalue weighted by molar-refractivity contribution is 5.94. The molecular formula is C23H27N3O5. The van der Waals surface area contributed by atoms with Crippen LogP contribution in [0.15, 0.2) is 36.4 Å². The fraction of sp³-hybridized carbons (Fsp3) is 0.391. The van der Waals surface area contributed by atoms with Crippen LogP contribution in [-0.2, 0) is 16.0 Å². The number of methoxy groups -OCH3 is 1. The normalized spacial score (nSPS) is 14.6. The molecule has 0 spiro atoms. The molecule has 1 saturated heterocycles. The van der Waals surface area contributed by atoms with Crippen LogP contribution in [0.1, 0.15) is 23.7 Å². The summed E-state index contributed by atoms with van der Waals surface area (Å²) in [6.07, 6.45) is 1.02. The van der Waals surface area contributed by atoms with Crippen molar-refractivity contribution in [1.29, 1.82) is 0 Å². The summed E-state index contributed by atoms with van der Waals surface area (Å²) in [5.41, 5.74) is 2.92. The molecule has 2 aromatic carbocycles. The number of carbonyl (C=O) groups is 1. The zero-order valence-corrected chi connectivity index (χ0v) is 17.8. The maximum absolute atomic E-state index is 12.2. The van der Waals surface area contributed by atoms with Gasteiger partial charge in [-0.2, -0.15) is 0 Å². The lowest BCUT2D eigenvalue weighted by molar-refractivity contribution is -0.0144. The number of rotatable bonds is 7. The van der Waals surface area contributed by atoms with Crippen molar-refractivity contribution < 1.29 is 24.1 Å². The van der Waals surface area contributed by atoms with Crippen molar-refractivity contribution in [2.45, 2.75) is 19.9 Å². The van der Waals surface area contributed by atoms with Crippen LogP contribution in [0.4, 0.5) is 0 Å². The van der Waals surface area contributed by atoms with E-state index in [1.165, 1.54) is 7.11 Å². The molecule has 2 heterocycles. The Hall–Kier alpha value is -3.10. The monoisotopic (exact) mass is 425 g/mol. The van der Waals surface area contributed by atoms with Crippen LogP contribution in [0.25, 0.3) is 22.4 Å². The lowest BCUT2D eigenvalue weighted by Gasteiger charge is -2.26. The molecule has 1 aliphatic heterocycles. The zero-order valence-electron chi connectivity index (χ0n) is 17.8. The minimum Gasteiger partial charge on any atom is -0.504 e. The summed E-state index contributed by atoms with van der Waals surface area (Å²) in [4.78, 5) is 19.3. The molecule has 0 saturated carbocycles. The van der Waals surface area contributed by atoms with Gasteiger partial charge in [-0.15, -0.1) is 0 Å². The molecule has 0 radical (unpaired) electrons. The van der Waals surface area contributed by atoms with Gasteiger partial charge in [0.1, 0.15) is 5.82 Å². The molecule has 0 unspecified atom stereocenters. The van der Waals surface area contributed by atoms with E-state index in [2.05, 4.69) is 9.47 Å². The number of phenols is 1. The van der Waals surface area contributed by atoms with E-state index in [0.29, 0.717) is 36.7 Å². The lowest BCUT2D eigenvalue weighted by atomic mass is 10.2. The summed E-state index contributed by atoms with van der Waals surface area (Å²) in [7, 11) is 1.52. The number of aromatic nitrogens is 2. The predicted octanol–water partition coefficient (Wildman–Crippen LogP) is 3.27. The number of hydrogen-bond donors (Lipinski definition) is 1. The van der Waals surface area contributed by atoms with Crippen molar-refractivity contribution in [2.24, 2.45) is 0 Å². The average molecular weight is 425 g/mol. The van der Waals surface area contributed by atoms with Gasteiger partial charge in [0.15, 0.2) is 11.5 Å². The molecule has 3 aromatic rings. The summed E-state index contributed by atoms with van der Waals surface area (Å²) in [5.74, 6) is 0.834. The quantitative estimate of drug-likeness (QED) is 0.582. The van der Waals surface area contributed by atoms with Gasteiger partial charge in [-0.05, 0) is 49.7 Å². The van der Waals surface area contributed by atoms with Gasteiger partial charge in [0.25, 0.3) is 0 Å². The third-order valence-electron chi connectivity index (χ3n) is 5.37. The highest BCUT2D eigenvalue weighted by Gasteiger charge is 2.18. The molecule has 1 aliphatic rings. The first-order valence-electron chi connectivity index (χ1n) is 10.5. The molecule has 4 rings (SSSR count). The van der Waals surface area contributed by atoms with Gasteiger partial charge in [0.2, 0.25) is 0 Å². The third-order valence-corrected chi connectivity index (χ3v) is 5.37. The van der Waals surface area contributed by atoms with Crippen molar-refractivity contribution in [3.63, 3.8) is 0 Å². The van der Waals surface area contributed by atoms with E-state index in [1.807, 2.05) is 12.1 Å². The van der Waals surface area contributed by atoms with Crippen molar-refractivity contribution in [3.8, 4) is 22.9 Å². The first kappa shape index (κ1) is 21.1. The number of phenolic OH excluding ortho intramolecular Hbond substituents is 1. The Morgan fingerprint density at radius 3 is 2.84 bits per heavy atom. The van der Waals surface area contributed by atoms with E-state index in [0.717, 1.165) is 43.0 Å². The first-order chi connectivity index (χ1) is 15.1. The van der Waals surface area contributed by atoms with Gasteiger partial charge < -0.3 is 23.9 Å². The second kappa shape index (κ2) is 9.36. The maximum Gasteiger partial charge on any atom is 0.338 e. The van der Waals surface area contributed by atoms with Crippen LogP contribution in [0, 0.1) is 0 Å². The van der Waals surface area contributed by atoms with Gasteiger partial charge in [0.05, 0.1) is 37.0 Å². The molecule has 0 amide bonds. The van der Waals surface area contributed by atoms with Crippen LogP contribution >= 0.6 is 0 Å². The predicted molar refractivity (Wildman–Crippen MR) is 116 cm³/mol. The molecule has 0 bridgehead atoms. The van der Waals surface area contributed by atoms with Crippen molar-refractivity contribution in [3.05, 3.63) is 42.0 Å². The number of ether oxygens (including phenoxy) is 3. The van der Waals surface area contributed by atoms with Crippen molar-refractivity contribution >= 4 is 17.0 Å². The first-order valence-corrected chi connectivity index (χ1v) is 10.5. The van der Waals surface area contributed by atoms with Gasteiger partial charge in [-0.1, -0.05) is 0 Å². The Balaban J connectivity index is 1.75. The molecule has 1 fully saturated rings. The minimum absolute atomic E-state index is 0.0731. The number of benzene rings is 2. The summed E-state index contributed by atoms with van der Waals surface area (Å²) in [6, 6.07) is 10.6. The number of esters is 1. The van der Waals surface area contributed by atoms with Crippen LogP contribution < -0.4 is 4.74 Å². The zero-order chi connectivity index (χ0) is 21.8. The highest BCUT2D eigenvalue weighted by atomic mass is 16.5. The fourth-order valence-corrected chi connectivity index (χ4v) is 3.80. The molecule has 8 nitrogen and oxygen atoms in total. The molecule has 31 heavy (non-hydrogen) atoms. The van der Waals surface area contributed by atoms with Crippen LogP contribution in [0.2, 0.25) is 0 Å². The second-order valence-corrected chi connectivity index (χ2v) is 7.41. The maximum atomic E-state index is 12.2. The van der Waals surface area contributed by atoms with Gasteiger partial charge in [-0.3, -0.25) is 4.90 Å². The lowest BCUT2D eigenvalue weighted by Crippen LogP contribution is -2.35. The Morgan fingerprint density at radius 1 is 1.23 bits per heavy atom. The number of aromatic hydroxyl groups is 1. The molecule has 1 N–H and O–H groups in total. The fourth-order valence-electron chi connectivity index (χ4n) is 3.80. The number of hydrogen-bond acceptors (Lipinski definition) is 7. The SMILES string of the molecule is CCOC(=O)c1ccc2c(c1)nc(-c1ccc(O)c(OC)c1)n2CCN1CCCOC1. The summed E-state index contributed by atoms with van der Waals surface area (Å²) >= 11 is 0. The standard InChI is InChI=1S/C23H27N3O5/c1-3-31-23(28)17-5-7-19-18(13-17)24-22(16-6-8-20(27)21(14-16)29-2)26(19)11-10-25-9-4-12-30-15-25/h5-8,13-14,27H,3-4,9-12,15H2,1-2H3. The second-order valence-electron chi connectivity index (χ2n) is 7.41. The van der Waals surface area contributed by atoms with E-state index in [4.69, 9.17) is 19.2 Å². The Bertz CT molecular complexity index is 1070. The summed E-state index contributed by atoms with van der Waals surface area (Å²) in [5, 5.41) is 9.99. The average Bonchev–Trinajstić information content (AvgIpc) is 3.16. The van der Waals surface area contributed by atoms with Gasteiger partial charge >= 0.3 is 5.97 Å². The van der Waals surface area contributed by atoms with Crippen LogP contribution in [0.3, 0.4) is 0 Å². The summed E-state index contributed by atoms with van der Waals surface area (Å²) in [6.45, 7) is 6.06. The molecular weight excluding hydrogens is 398 g/mol. The topological polar surface area (TPSA) is 86.1 Å². The molecule has 0 atom stereocenters. The van der Waals surface area contributed by atoms with Crippen molar-refractivity contribution in [1.82, 2.24) is 14.5 Å². The Kier molecular flexibility index (Phi) is 6.39. The van der Waals surface area contributed by atoms with Crippen molar-refractivity contribution in [2.75, 3.05) is 40.1 Å². The number of imidazole rings is 1. The molecule has 1 aromatic heterocycles. The number of fused-ring (bicyclic) bond motifs is 1. The molecule has 8 heteroatoms. The van der Waals surface area contributed by atoms with Gasteiger partial charge in [-0.25, -0.2) is 9.78 Å². The van der Waals surface area contributed by atoms with E-state index < -0.39 is 0 Å². The Morgan fingerprint density at radius 2 is 2.10 bits per heavy atom. The molecule has 164 valence electrons.